The summed E-state index contributed by atoms with van der Waals surface area (Å²) in [6, 6.07) is 2.87. The van der Waals surface area contributed by atoms with Crippen molar-refractivity contribution in [2.24, 2.45) is 0 Å². The molecule has 0 aromatic carbocycles. The Kier molecular flexibility index (Phi) is 5.30. The lowest BCUT2D eigenvalue weighted by atomic mass is 9.87. The highest BCUT2D eigenvalue weighted by atomic mass is 15.1. The topological polar surface area (TPSA) is 24.1 Å². The van der Waals surface area contributed by atoms with Crippen molar-refractivity contribution in [3.63, 3.8) is 0 Å². The van der Waals surface area contributed by atoms with Crippen LogP contribution in [0.4, 0.5) is 0 Å². The summed E-state index contributed by atoms with van der Waals surface area (Å²) in [6.07, 6.45) is 12.7. The molecule has 2 fully saturated rings. The minimum atomic E-state index is 0.619. The third kappa shape index (κ3) is 4.26. The third-order valence-electron chi connectivity index (χ3n) is 4.37. The molecule has 2 aliphatic carbocycles. The number of nitrogens with one attached hydrogen (secondary N) is 2. The molecule has 0 aliphatic heterocycles. The van der Waals surface area contributed by atoms with E-state index in [1.165, 1.54) is 57.8 Å². The lowest BCUT2D eigenvalue weighted by molar-refractivity contribution is 0.232. The van der Waals surface area contributed by atoms with Crippen LogP contribution in [0.25, 0.3) is 0 Å². The Bertz CT molecular complexity index is 209. The highest BCUT2D eigenvalue weighted by molar-refractivity contribution is 4.89. The molecule has 2 saturated carbocycles. The summed E-state index contributed by atoms with van der Waals surface area (Å²) >= 11 is 0. The zero-order valence-corrected chi connectivity index (χ0v) is 11.7. The highest BCUT2D eigenvalue weighted by Gasteiger charge is 2.27. The largest absolute Gasteiger partial charge is 0.310 e. The summed E-state index contributed by atoms with van der Waals surface area (Å²) in [6.45, 7) is 4.54. The van der Waals surface area contributed by atoms with Crippen LogP contribution in [0.15, 0.2) is 0 Å². The van der Waals surface area contributed by atoms with Crippen molar-refractivity contribution in [1.29, 1.82) is 0 Å². The van der Waals surface area contributed by atoms with Crippen molar-refractivity contribution < 1.29 is 0 Å². The van der Waals surface area contributed by atoms with Crippen molar-refractivity contribution in [2.45, 2.75) is 95.8 Å². The van der Waals surface area contributed by atoms with Gasteiger partial charge in [-0.2, -0.15) is 0 Å². The quantitative estimate of drug-likeness (QED) is 0.786. The van der Waals surface area contributed by atoms with Gasteiger partial charge in [-0.15, -0.1) is 0 Å². The molecule has 0 heterocycles. The summed E-state index contributed by atoms with van der Waals surface area (Å²) in [5.74, 6) is 0. The van der Waals surface area contributed by atoms with E-state index < -0.39 is 0 Å². The van der Waals surface area contributed by atoms with Gasteiger partial charge in [0.25, 0.3) is 0 Å². The molecule has 2 nitrogen and oxygen atoms in total. The molecule has 2 aliphatic rings. The summed E-state index contributed by atoms with van der Waals surface area (Å²) in [4.78, 5) is 0. The Balaban J connectivity index is 1.82. The molecule has 2 atom stereocenters. The van der Waals surface area contributed by atoms with Crippen LogP contribution in [0, 0.1) is 0 Å². The maximum atomic E-state index is 3.95. The molecule has 0 radical (unpaired) electrons. The van der Waals surface area contributed by atoms with Gasteiger partial charge in [0, 0.05) is 24.2 Å². The predicted molar refractivity (Wildman–Crippen MR) is 74.3 cm³/mol. The standard InChI is InChI=1S/C15H30N2/c1-12(2)16-14-10-6-7-11-15(14)17-13-8-4-3-5-9-13/h12-17H,3-11H2,1-2H3. The second kappa shape index (κ2) is 6.75. The molecule has 0 bridgehead atoms. The third-order valence-corrected chi connectivity index (χ3v) is 4.37. The molecule has 17 heavy (non-hydrogen) atoms. The second-order valence-electron chi connectivity index (χ2n) is 6.32. The van der Waals surface area contributed by atoms with Crippen molar-refractivity contribution >= 4 is 0 Å². The molecule has 0 amide bonds. The van der Waals surface area contributed by atoms with Crippen LogP contribution < -0.4 is 10.6 Å². The highest BCUT2D eigenvalue weighted by Crippen LogP contribution is 2.23. The Morgan fingerprint density at radius 1 is 0.765 bits per heavy atom. The van der Waals surface area contributed by atoms with Gasteiger partial charge in [-0.25, -0.2) is 0 Å². The van der Waals surface area contributed by atoms with Crippen LogP contribution in [0.2, 0.25) is 0 Å². The Morgan fingerprint density at radius 3 is 2.00 bits per heavy atom. The van der Waals surface area contributed by atoms with Crippen LogP contribution >= 0.6 is 0 Å². The minimum Gasteiger partial charge on any atom is -0.310 e. The predicted octanol–water partition coefficient (Wildman–Crippen LogP) is 3.22. The first-order valence-electron chi connectivity index (χ1n) is 7.78. The fourth-order valence-electron chi connectivity index (χ4n) is 3.53. The lowest BCUT2D eigenvalue weighted by Gasteiger charge is -2.38. The SMILES string of the molecule is CC(C)NC1CCCCC1NC1CCCCC1. The van der Waals surface area contributed by atoms with E-state index in [9.17, 15) is 0 Å². The van der Waals surface area contributed by atoms with Crippen LogP contribution in [-0.4, -0.2) is 24.2 Å². The fourth-order valence-corrected chi connectivity index (χ4v) is 3.53. The maximum absolute atomic E-state index is 3.95. The summed E-state index contributed by atoms with van der Waals surface area (Å²) in [5.41, 5.74) is 0. The normalized spacial score (nSPS) is 31.9. The second-order valence-corrected chi connectivity index (χ2v) is 6.32. The molecule has 100 valence electrons. The molecule has 0 saturated heterocycles. The van der Waals surface area contributed by atoms with E-state index in [1.807, 2.05) is 0 Å². The molecule has 2 heteroatoms. The van der Waals surface area contributed by atoms with Crippen LogP contribution in [0.3, 0.4) is 0 Å². The Hall–Kier alpha value is -0.0800. The van der Waals surface area contributed by atoms with E-state index in [0.29, 0.717) is 12.1 Å². The van der Waals surface area contributed by atoms with Gasteiger partial charge in [0.1, 0.15) is 0 Å². The van der Waals surface area contributed by atoms with Crippen LogP contribution in [0.5, 0.6) is 0 Å². The summed E-state index contributed by atoms with van der Waals surface area (Å²) in [7, 11) is 0. The number of hydrogen-bond donors (Lipinski definition) is 2. The molecule has 2 rings (SSSR count). The Morgan fingerprint density at radius 2 is 1.35 bits per heavy atom. The molecule has 0 aromatic heterocycles. The molecular formula is C15H30N2. The minimum absolute atomic E-state index is 0.619. The summed E-state index contributed by atoms with van der Waals surface area (Å²) in [5, 5.41) is 7.71. The number of rotatable bonds is 4. The van der Waals surface area contributed by atoms with Gasteiger partial charge in [0.05, 0.1) is 0 Å². The smallest absolute Gasteiger partial charge is 0.0223 e. The lowest BCUT2D eigenvalue weighted by Crippen LogP contribution is -2.54. The van der Waals surface area contributed by atoms with E-state index in [0.717, 1.165) is 12.1 Å². The van der Waals surface area contributed by atoms with Gasteiger partial charge in [0.2, 0.25) is 0 Å². The average Bonchev–Trinajstić information content (AvgIpc) is 2.32. The maximum Gasteiger partial charge on any atom is 0.0223 e. The first-order valence-corrected chi connectivity index (χ1v) is 7.78. The van der Waals surface area contributed by atoms with Gasteiger partial charge in [-0.1, -0.05) is 46.0 Å². The fraction of sp³-hybridized carbons (Fsp3) is 1.00. The van der Waals surface area contributed by atoms with Crippen LogP contribution in [-0.2, 0) is 0 Å². The summed E-state index contributed by atoms with van der Waals surface area (Å²) < 4.78 is 0. The zero-order chi connectivity index (χ0) is 12.1. The molecule has 0 aromatic rings. The van der Waals surface area contributed by atoms with E-state index in [2.05, 4.69) is 24.5 Å². The number of hydrogen-bond acceptors (Lipinski definition) is 2. The molecule has 0 spiro atoms. The van der Waals surface area contributed by atoms with Crippen LogP contribution in [0.1, 0.15) is 71.6 Å². The first kappa shape index (κ1) is 13.4. The average molecular weight is 238 g/mol. The van der Waals surface area contributed by atoms with Gasteiger partial charge < -0.3 is 10.6 Å². The van der Waals surface area contributed by atoms with E-state index >= 15 is 0 Å². The zero-order valence-electron chi connectivity index (χ0n) is 11.7. The van der Waals surface area contributed by atoms with Gasteiger partial charge in [0.15, 0.2) is 0 Å². The van der Waals surface area contributed by atoms with E-state index in [4.69, 9.17) is 0 Å². The van der Waals surface area contributed by atoms with Crippen molar-refractivity contribution in [2.75, 3.05) is 0 Å². The van der Waals surface area contributed by atoms with Gasteiger partial charge in [-0.05, 0) is 25.7 Å². The monoisotopic (exact) mass is 238 g/mol. The van der Waals surface area contributed by atoms with Crippen molar-refractivity contribution in [3.05, 3.63) is 0 Å². The first-order chi connectivity index (χ1) is 8.25. The van der Waals surface area contributed by atoms with Gasteiger partial charge in [-0.3, -0.25) is 0 Å². The van der Waals surface area contributed by atoms with E-state index in [1.54, 1.807) is 0 Å². The van der Waals surface area contributed by atoms with Gasteiger partial charge >= 0.3 is 0 Å². The molecular weight excluding hydrogens is 208 g/mol. The van der Waals surface area contributed by atoms with Crippen molar-refractivity contribution in [1.82, 2.24) is 10.6 Å². The Labute approximate surface area is 107 Å². The van der Waals surface area contributed by atoms with Crippen molar-refractivity contribution in [3.8, 4) is 0 Å². The molecule has 2 N–H and O–H groups in total. The van der Waals surface area contributed by atoms with E-state index in [-0.39, 0.29) is 0 Å². The molecule has 2 unspecified atom stereocenters.